The maximum atomic E-state index is 5.89. The third kappa shape index (κ3) is 3.39. The van der Waals surface area contributed by atoms with E-state index in [-0.39, 0.29) is 0 Å². The van der Waals surface area contributed by atoms with Crippen LogP contribution in [0.4, 0.5) is 0 Å². The van der Waals surface area contributed by atoms with Crippen molar-refractivity contribution in [1.29, 1.82) is 0 Å². The zero-order valence-corrected chi connectivity index (χ0v) is 13.9. The van der Waals surface area contributed by atoms with Crippen LogP contribution in [-0.2, 0) is 6.42 Å². The summed E-state index contributed by atoms with van der Waals surface area (Å²) < 4.78 is 0. The Hall–Kier alpha value is -0.680. The van der Waals surface area contributed by atoms with Crippen molar-refractivity contribution in [3.8, 4) is 0 Å². The number of hydrogen-bond donors (Lipinski definition) is 2. The molecule has 1 aliphatic heterocycles. The van der Waals surface area contributed by atoms with Crippen molar-refractivity contribution in [2.24, 2.45) is 5.84 Å². The van der Waals surface area contributed by atoms with Crippen LogP contribution >= 0.6 is 23.5 Å². The molecule has 4 heteroatoms. The predicted octanol–water partition coefficient (Wildman–Crippen LogP) is 3.45. The van der Waals surface area contributed by atoms with Gasteiger partial charge in [-0.1, -0.05) is 49.4 Å². The van der Waals surface area contributed by atoms with Gasteiger partial charge in [0, 0.05) is 28.0 Å². The molecule has 21 heavy (non-hydrogen) atoms. The van der Waals surface area contributed by atoms with Crippen LogP contribution in [0.1, 0.15) is 12.5 Å². The van der Waals surface area contributed by atoms with E-state index >= 15 is 0 Å². The maximum Gasteiger partial charge on any atom is 0.0380 e. The van der Waals surface area contributed by atoms with Gasteiger partial charge in [-0.15, -0.1) is 0 Å². The van der Waals surface area contributed by atoms with Gasteiger partial charge in [0.05, 0.1) is 0 Å². The summed E-state index contributed by atoms with van der Waals surface area (Å²) in [4.78, 5) is 0. The number of rotatable bonds is 4. The highest BCUT2D eigenvalue weighted by atomic mass is 32.2. The van der Waals surface area contributed by atoms with Gasteiger partial charge in [-0.3, -0.25) is 11.3 Å². The highest BCUT2D eigenvalue weighted by Crippen LogP contribution is 2.34. The molecule has 0 saturated carbocycles. The first kappa shape index (κ1) is 15.2. The minimum atomic E-state index is 0.323. The van der Waals surface area contributed by atoms with Gasteiger partial charge in [0.1, 0.15) is 0 Å². The molecule has 112 valence electrons. The molecule has 0 spiro atoms. The molecule has 3 unspecified atom stereocenters. The third-order valence-electron chi connectivity index (χ3n) is 4.17. The summed E-state index contributed by atoms with van der Waals surface area (Å²) in [6, 6.07) is 15.5. The second kappa shape index (κ2) is 7.05. The molecule has 1 fully saturated rings. The summed E-state index contributed by atoms with van der Waals surface area (Å²) >= 11 is 4.13. The molecule has 2 aromatic carbocycles. The van der Waals surface area contributed by atoms with Crippen LogP contribution in [0.3, 0.4) is 0 Å². The Morgan fingerprint density at radius 2 is 1.90 bits per heavy atom. The van der Waals surface area contributed by atoms with E-state index in [2.05, 4.69) is 78.3 Å². The van der Waals surface area contributed by atoms with E-state index in [1.165, 1.54) is 27.8 Å². The summed E-state index contributed by atoms with van der Waals surface area (Å²) in [5.41, 5.74) is 4.47. The number of thioether (sulfide) groups is 2. The molecule has 1 heterocycles. The summed E-state index contributed by atoms with van der Waals surface area (Å²) in [5.74, 6) is 8.37. The Bertz CT molecular complexity index is 597. The zero-order chi connectivity index (χ0) is 14.7. The average Bonchev–Trinajstić information content (AvgIpc) is 2.53. The van der Waals surface area contributed by atoms with Crippen LogP contribution in [0.2, 0.25) is 0 Å². The van der Waals surface area contributed by atoms with Crippen LogP contribution in [0.5, 0.6) is 0 Å². The van der Waals surface area contributed by atoms with E-state index in [1.807, 2.05) is 0 Å². The molecule has 1 aliphatic rings. The van der Waals surface area contributed by atoms with E-state index in [0.717, 1.165) is 6.42 Å². The number of hydrazine groups is 1. The first-order valence-corrected chi connectivity index (χ1v) is 9.55. The number of hydrogen-bond acceptors (Lipinski definition) is 4. The number of nitrogens with one attached hydrogen (secondary N) is 1. The summed E-state index contributed by atoms with van der Waals surface area (Å²) in [7, 11) is 0. The lowest BCUT2D eigenvalue weighted by Crippen LogP contribution is -2.48. The van der Waals surface area contributed by atoms with Crippen LogP contribution in [0, 0.1) is 0 Å². The minimum Gasteiger partial charge on any atom is -0.271 e. The molecule has 3 atom stereocenters. The summed E-state index contributed by atoms with van der Waals surface area (Å²) in [6.07, 6.45) is 0.987. The normalized spacial score (nSPS) is 24.1. The molecule has 1 saturated heterocycles. The molecular formula is C17H22N2S2. The third-order valence-corrected chi connectivity index (χ3v) is 7.42. The molecule has 0 aromatic heterocycles. The van der Waals surface area contributed by atoms with E-state index < -0.39 is 0 Å². The molecule has 0 radical (unpaired) electrons. The number of fused-ring (bicyclic) bond motifs is 1. The van der Waals surface area contributed by atoms with E-state index in [1.54, 1.807) is 0 Å². The first-order chi connectivity index (χ1) is 10.3. The van der Waals surface area contributed by atoms with Gasteiger partial charge in [-0.25, -0.2) is 0 Å². The molecule has 2 nitrogen and oxygen atoms in total. The minimum absolute atomic E-state index is 0.323. The molecule has 2 aromatic rings. The second-order valence-corrected chi connectivity index (χ2v) is 8.30. The average molecular weight is 319 g/mol. The Labute approximate surface area is 135 Å². The molecule has 0 bridgehead atoms. The van der Waals surface area contributed by atoms with Crippen LogP contribution in [0.15, 0.2) is 42.5 Å². The highest BCUT2D eigenvalue weighted by Gasteiger charge is 2.30. The standard InChI is InChI=1S/C17H22N2S2/c1-12-17(21-10-9-20-12)16(19-18)11-14-7-4-6-13-5-2-3-8-15(13)14/h2-8,12,16-17,19H,9-11,18H2,1H3. The maximum absolute atomic E-state index is 5.89. The van der Waals surface area contributed by atoms with Crippen molar-refractivity contribution in [2.45, 2.75) is 29.9 Å². The Morgan fingerprint density at radius 1 is 1.14 bits per heavy atom. The second-order valence-electron chi connectivity index (χ2n) is 5.53. The fraction of sp³-hybridized carbons (Fsp3) is 0.412. The quantitative estimate of drug-likeness (QED) is 0.669. The summed E-state index contributed by atoms with van der Waals surface area (Å²) in [6.45, 7) is 2.33. The van der Waals surface area contributed by atoms with Crippen molar-refractivity contribution < 1.29 is 0 Å². The Kier molecular flexibility index (Phi) is 5.11. The number of benzene rings is 2. The number of nitrogens with two attached hydrogens (primary N) is 1. The van der Waals surface area contributed by atoms with Crippen LogP contribution < -0.4 is 11.3 Å². The van der Waals surface area contributed by atoms with Crippen LogP contribution in [-0.4, -0.2) is 28.0 Å². The van der Waals surface area contributed by atoms with Crippen LogP contribution in [0.25, 0.3) is 10.8 Å². The lowest BCUT2D eigenvalue weighted by atomic mass is 9.97. The van der Waals surface area contributed by atoms with Gasteiger partial charge in [-0.05, 0) is 22.8 Å². The van der Waals surface area contributed by atoms with Gasteiger partial charge < -0.3 is 0 Å². The zero-order valence-electron chi connectivity index (χ0n) is 12.3. The lowest BCUT2D eigenvalue weighted by Gasteiger charge is -2.34. The fourth-order valence-corrected chi connectivity index (χ4v) is 6.01. The van der Waals surface area contributed by atoms with Crippen molar-refractivity contribution in [2.75, 3.05) is 11.5 Å². The topological polar surface area (TPSA) is 38.0 Å². The highest BCUT2D eigenvalue weighted by molar-refractivity contribution is 8.07. The molecule has 3 rings (SSSR count). The Morgan fingerprint density at radius 3 is 2.71 bits per heavy atom. The van der Waals surface area contributed by atoms with E-state index in [0.29, 0.717) is 16.5 Å². The lowest BCUT2D eigenvalue weighted by molar-refractivity contribution is 0.502. The Balaban J connectivity index is 1.85. The molecule has 0 aliphatic carbocycles. The first-order valence-electron chi connectivity index (χ1n) is 7.45. The molecular weight excluding hydrogens is 296 g/mol. The summed E-state index contributed by atoms with van der Waals surface area (Å²) in [5, 5.41) is 3.89. The largest absolute Gasteiger partial charge is 0.271 e. The van der Waals surface area contributed by atoms with Crippen molar-refractivity contribution in [1.82, 2.24) is 5.43 Å². The SMILES string of the molecule is CC1SCCSC1C(Cc1cccc2ccccc12)NN. The molecule has 0 amide bonds. The van der Waals surface area contributed by atoms with Gasteiger partial charge in [0.25, 0.3) is 0 Å². The van der Waals surface area contributed by atoms with Crippen molar-refractivity contribution in [3.63, 3.8) is 0 Å². The smallest absolute Gasteiger partial charge is 0.0380 e. The van der Waals surface area contributed by atoms with Crippen molar-refractivity contribution in [3.05, 3.63) is 48.0 Å². The fourth-order valence-electron chi connectivity index (χ4n) is 3.07. The van der Waals surface area contributed by atoms with Gasteiger partial charge in [0.15, 0.2) is 0 Å². The monoisotopic (exact) mass is 318 g/mol. The van der Waals surface area contributed by atoms with E-state index in [9.17, 15) is 0 Å². The predicted molar refractivity (Wildman–Crippen MR) is 96.9 cm³/mol. The van der Waals surface area contributed by atoms with Gasteiger partial charge in [-0.2, -0.15) is 23.5 Å². The van der Waals surface area contributed by atoms with Crippen molar-refractivity contribution >= 4 is 34.3 Å². The van der Waals surface area contributed by atoms with Gasteiger partial charge >= 0.3 is 0 Å². The van der Waals surface area contributed by atoms with E-state index in [4.69, 9.17) is 5.84 Å². The van der Waals surface area contributed by atoms with Gasteiger partial charge in [0.2, 0.25) is 0 Å². The molecule has 3 N–H and O–H groups in total.